The molecule has 3 heterocycles. The van der Waals surface area contributed by atoms with E-state index in [1.807, 2.05) is 24.8 Å². The van der Waals surface area contributed by atoms with E-state index in [2.05, 4.69) is 50.8 Å². The molecule has 4 aromatic rings. The molecule has 2 saturated carbocycles. The number of aliphatic hydroxyl groups excluding tert-OH is 1. The van der Waals surface area contributed by atoms with Crippen molar-refractivity contribution in [1.29, 1.82) is 0 Å². The molecule has 4 nitrogen and oxygen atoms in total. The van der Waals surface area contributed by atoms with Crippen LogP contribution in [0.1, 0.15) is 73.3 Å². The van der Waals surface area contributed by atoms with Crippen molar-refractivity contribution in [3.63, 3.8) is 0 Å². The Kier molecular flexibility index (Phi) is 4.34. The van der Waals surface area contributed by atoms with Crippen molar-refractivity contribution in [2.45, 2.75) is 56.5 Å². The Bertz CT molecular complexity index is 1200. The summed E-state index contributed by atoms with van der Waals surface area (Å²) in [6.45, 7) is 0. The second kappa shape index (κ2) is 7.21. The van der Waals surface area contributed by atoms with Gasteiger partial charge in [0.1, 0.15) is 0 Å². The van der Waals surface area contributed by atoms with Crippen LogP contribution in [0.5, 0.6) is 0 Å². The van der Waals surface area contributed by atoms with Gasteiger partial charge in [-0.2, -0.15) is 0 Å². The zero-order valence-electron chi connectivity index (χ0n) is 17.1. The van der Waals surface area contributed by atoms with Crippen LogP contribution in [0, 0.1) is 5.92 Å². The Hall–Kier alpha value is -2.72. The molecule has 2 aliphatic carbocycles. The van der Waals surface area contributed by atoms with Crippen molar-refractivity contribution in [3.8, 4) is 0 Å². The van der Waals surface area contributed by atoms with E-state index >= 15 is 0 Å². The zero-order valence-corrected chi connectivity index (χ0v) is 17.1. The van der Waals surface area contributed by atoms with Crippen LogP contribution in [0.3, 0.4) is 0 Å². The third-order valence-electron chi connectivity index (χ3n) is 7.29. The largest absolute Gasteiger partial charge is 0.387 e. The molecule has 0 radical (unpaired) electrons. The van der Waals surface area contributed by atoms with Gasteiger partial charge in [0.2, 0.25) is 0 Å². The third-order valence-corrected chi connectivity index (χ3v) is 7.29. The molecule has 0 spiro atoms. The minimum Gasteiger partial charge on any atom is -0.387 e. The lowest BCUT2D eigenvalue weighted by Crippen LogP contribution is -2.22. The summed E-state index contributed by atoms with van der Waals surface area (Å²) < 4.78 is 2.13. The Morgan fingerprint density at radius 1 is 0.867 bits per heavy atom. The summed E-state index contributed by atoms with van der Waals surface area (Å²) in [5, 5.41) is 12.8. The molecule has 2 fully saturated rings. The lowest BCUT2D eigenvalue weighted by molar-refractivity contribution is 0.0755. The number of imidazole rings is 1. The average Bonchev–Trinajstić information content (AvgIpc) is 3.54. The average molecular weight is 398 g/mol. The fourth-order valence-electron chi connectivity index (χ4n) is 5.53. The molecular formula is C26H27N3O. The van der Waals surface area contributed by atoms with Crippen molar-refractivity contribution < 1.29 is 5.11 Å². The van der Waals surface area contributed by atoms with E-state index in [-0.39, 0.29) is 0 Å². The predicted octanol–water partition coefficient (Wildman–Crippen LogP) is 5.77. The quantitative estimate of drug-likeness (QED) is 0.476. The Morgan fingerprint density at radius 3 is 2.50 bits per heavy atom. The summed E-state index contributed by atoms with van der Waals surface area (Å²) >= 11 is 0. The first kappa shape index (κ1) is 18.1. The van der Waals surface area contributed by atoms with Crippen LogP contribution in [0.15, 0.2) is 61.2 Å². The SMILES string of the molecule is O[C@H](c1c(C2CC2)ccc2cncn12)[C@H]1CC[C@H](c2cccc3ncccc32)CC1. The van der Waals surface area contributed by atoms with Gasteiger partial charge in [0.15, 0.2) is 0 Å². The molecule has 2 aliphatic rings. The van der Waals surface area contributed by atoms with Crippen LogP contribution >= 0.6 is 0 Å². The van der Waals surface area contributed by atoms with Crippen LogP contribution in [0.25, 0.3) is 16.4 Å². The molecule has 30 heavy (non-hydrogen) atoms. The van der Waals surface area contributed by atoms with E-state index < -0.39 is 6.10 Å². The molecule has 0 saturated heterocycles. The minimum absolute atomic E-state index is 0.305. The molecule has 4 heteroatoms. The number of hydrogen-bond acceptors (Lipinski definition) is 3. The fraction of sp³-hybridized carbons (Fsp3) is 0.385. The maximum Gasteiger partial charge on any atom is 0.0995 e. The number of nitrogens with zero attached hydrogens (tertiary/aromatic N) is 3. The number of pyridine rings is 2. The maximum absolute atomic E-state index is 11.5. The summed E-state index contributed by atoms with van der Waals surface area (Å²) in [4.78, 5) is 8.86. The van der Waals surface area contributed by atoms with Crippen LogP contribution in [-0.2, 0) is 0 Å². The van der Waals surface area contributed by atoms with Gasteiger partial charge in [0.05, 0.1) is 35.4 Å². The van der Waals surface area contributed by atoms with Crippen molar-refractivity contribution in [2.24, 2.45) is 5.92 Å². The van der Waals surface area contributed by atoms with Gasteiger partial charge in [-0.25, -0.2) is 4.98 Å². The number of aromatic nitrogens is 3. The lowest BCUT2D eigenvalue weighted by atomic mass is 9.75. The Morgan fingerprint density at radius 2 is 1.67 bits per heavy atom. The van der Waals surface area contributed by atoms with E-state index in [4.69, 9.17) is 0 Å². The van der Waals surface area contributed by atoms with Crippen LogP contribution in [0.4, 0.5) is 0 Å². The maximum atomic E-state index is 11.5. The minimum atomic E-state index is -0.423. The molecule has 0 aliphatic heterocycles. The number of rotatable bonds is 4. The van der Waals surface area contributed by atoms with Crippen molar-refractivity contribution >= 4 is 16.4 Å². The molecule has 0 amide bonds. The molecule has 0 unspecified atom stereocenters. The Labute approximate surface area is 176 Å². The highest BCUT2D eigenvalue weighted by Gasteiger charge is 2.34. The molecule has 1 aromatic carbocycles. The first-order chi connectivity index (χ1) is 14.8. The van der Waals surface area contributed by atoms with E-state index in [9.17, 15) is 5.11 Å². The summed E-state index contributed by atoms with van der Waals surface area (Å²) in [6.07, 6.45) is 12.0. The molecule has 1 N–H and O–H groups in total. The zero-order chi connectivity index (χ0) is 20.1. The Balaban J connectivity index is 1.27. The number of fused-ring (bicyclic) bond motifs is 2. The first-order valence-corrected chi connectivity index (χ1v) is 11.3. The van der Waals surface area contributed by atoms with Gasteiger partial charge in [0.25, 0.3) is 0 Å². The highest BCUT2D eigenvalue weighted by atomic mass is 16.3. The summed E-state index contributed by atoms with van der Waals surface area (Å²) in [5.41, 5.74) is 5.99. The molecule has 6 rings (SSSR count). The third kappa shape index (κ3) is 3.02. The van der Waals surface area contributed by atoms with E-state index in [1.165, 1.54) is 29.4 Å². The van der Waals surface area contributed by atoms with Gasteiger partial charge in [-0.15, -0.1) is 0 Å². The van der Waals surface area contributed by atoms with Gasteiger partial charge in [0, 0.05) is 11.6 Å². The van der Waals surface area contributed by atoms with E-state index in [0.717, 1.165) is 42.4 Å². The van der Waals surface area contributed by atoms with Gasteiger partial charge in [-0.3, -0.25) is 4.98 Å². The van der Waals surface area contributed by atoms with Gasteiger partial charge >= 0.3 is 0 Å². The van der Waals surface area contributed by atoms with Gasteiger partial charge in [-0.1, -0.05) is 24.3 Å². The highest BCUT2D eigenvalue weighted by Crippen LogP contribution is 2.47. The number of hydrogen-bond donors (Lipinski definition) is 1. The van der Waals surface area contributed by atoms with Crippen LogP contribution < -0.4 is 0 Å². The van der Waals surface area contributed by atoms with Gasteiger partial charge < -0.3 is 9.51 Å². The molecular weight excluding hydrogens is 370 g/mol. The van der Waals surface area contributed by atoms with Crippen molar-refractivity contribution in [1.82, 2.24) is 14.4 Å². The number of benzene rings is 1. The van der Waals surface area contributed by atoms with Crippen molar-refractivity contribution in [3.05, 3.63) is 78.0 Å². The first-order valence-electron chi connectivity index (χ1n) is 11.3. The molecule has 0 bridgehead atoms. The smallest absolute Gasteiger partial charge is 0.0995 e. The lowest BCUT2D eigenvalue weighted by Gasteiger charge is -2.33. The van der Waals surface area contributed by atoms with Crippen LogP contribution in [-0.4, -0.2) is 19.5 Å². The standard InChI is InChI=1S/C26H27N3O/c30-26(25-22(18-6-7-18)13-12-20-15-27-16-29(20)25)19-10-8-17(9-11-19)21-3-1-5-24-23(21)4-2-14-28-24/h1-5,12-19,26,30H,6-11H2/t17-,19-,26-/m0/s1. The molecule has 1 atom stereocenters. The highest BCUT2D eigenvalue weighted by molar-refractivity contribution is 5.82. The fourth-order valence-corrected chi connectivity index (χ4v) is 5.53. The summed E-state index contributed by atoms with van der Waals surface area (Å²) in [6, 6.07) is 15.1. The summed E-state index contributed by atoms with van der Waals surface area (Å²) in [5.74, 6) is 1.47. The van der Waals surface area contributed by atoms with Crippen molar-refractivity contribution in [2.75, 3.05) is 0 Å². The monoisotopic (exact) mass is 397 g/mol. The van der Waals surface area contributed by atoms with E-state index in [0.29, 0.717) is 17.8 Å². The molecule has 3 aromatic heterocycles. The second-order valence-electron chi connectivity index (χ2n) is 9.11. The van der Waals surface area contributed by atoms with Gasteiger partial charge in [-0.05, 0) is 85.6 Å². The van der Waals surface area contributed by atoms with Crippen LogP contribution in [0.2, 0.25) is 0 Å². The number of aliphatic hydroxyl groups is 1. The topological polar surface area (TPSA) is 50.4 Å². The second-order valence-corrected chi connectivity index (χ2v) is 9.11. The normalized spacial score (nSPS) is 23.1. The molecule has 152 valence electrons. The van der Waals surface area contributed by atoms with E-state index in [1.54, 1.807) is 0 Å². The predicted molar refractivity (Wildman–Crippen MR) is 119 cm³/mol. The summed E-state index contributed by atoms with van der Waals surface area (Å²) in [7, 11) is 0.